The van der Waals surface area contributed by atoms with Crippen molar-refractivity contribution in [2.75, 3.05) is 0 Å². The molecule has 41 heavy (non-hydrogen) atoms. The third kappa shape index (κ3) is 3.19. The van der Waals surface area contributed by atoms with Crippen LogP contribution in [0.5, 0.6) is 0 Å². The summed E-state index contributed by atoms with van der Waals surface area (Å²) in [6.07, 6.45) is 4.12. The van der Waals surface area contributed by atoms with Gasteiger partial charge in [-0.1, -0.05) is 78.9 Å². The monoisotopic (exact) mass is 524 g/mol. The van der Waals surface area contributed by atoms with Crippen molar-refractivity contribution in [3.05, 3.63) is 146 Å². The summed E-state index contributed by atoms with van der Waals surface area (Å²) < 4.78 is 6.88. The lowest BCUT2D eigenvalue weighted by molar-refractivity contribution is 1.17. The van der Waals surface area contributed by atoms with Crippen molar-refractivity contribution in [1.82, 2.24) is 18.5 Å². The second kappa shape index (κ2) is 8.44. The van der Waals surface area contributed by atoms with Crippen molar-refractivity contribution >= 4 is 49.3 Å². The van der Waals surface area contributed by atoms with E-state index in [2.05, 4.69) is 135 Å². The van der Waals surface area contributed by atoms with Gasteiger partial charge in [-0.3, -0.25) is 0 Å². The normalized spacial score (nSPS) is 11.9. The maximum absolute atomic E-state index is 4.82. The Morgan fingerprint density at radius 1 is 0.463 bits per heavy atom. The molecule has 0 saturated carbocycles. The highest BCUT2D eigenvalue weighted by atomic mass is 15.0. The zero-order chi connectivity index (χ0) is 26.9. The average molecular weight is 525 g/mol. The highest BCUT2D eigenvalue weighted by Crippen LogP contribution is 2.41. The van der Waals surface area contributed by atoms with Gasteiger partial charge in [-0.05, 0) is 54.6 Å². The van der Waals surface area contributed by atoms with Crippen LogP contribution in [0, 0.1) is 0 Å². The molecule has 4 heterocycles. The van der Waals surface area contributed by atoms with Gasteiger partial charge in [0.25, 0.3) is 0 Å². The molecule has 0 saturated heterocycles. The minimum atomic E-state index is 0.951. The van der Waals surface area contributed by atoms with Gasteiger partial charge in [0, 0.05) is 50.9 Å². The number of para-hydroxylation sites is 3. The standard InChI is InChI=1S/C37H24N4/c1-2-10-26(11-3-1)41-32-14-6-4-12-28(32)29-21-22-34-36(37(29)41)30-13-5-7-15-33(30)40(34)27-19-17-25(18-20-27)31-24-39-23-9-8-16-35(39)38-31/h1-24H. The lowest BCUT2D eigenvalue weighted by Crippen LogP contribution is -1.95. The third-order valence-corrected chi connectivity index (χ3v) is 8.27. The summed E-state index contributed by atoms with van der Waals surface area (Å²) in [5, 5.41) is 5.05. The van der Waals surface area contributed by atoms with E-state index in [0.29, 0.717) is 0 Å². The molecular formula is C37H24N4. The number of rotatable bonds is 3. The summed E-state index contributed by atoms with van der Waals surface area (Å²) in [6.45, 7) is 0. The van der Waals surface area contributed by atoms with E-state index in [1.165, 1.54) is 49.3 Å². The molecule has 0 bridgehead atoms. The highest BCUT2D eigenvalue weighted by Gasteiger charge is 2.20. The molecule has 0 aliphatic heterocycles. The van der Waals surface area contributed by atoms with Gasteiger partial charge < -0.3 is 13.5 Å². The van der Waals surface area contributed by atoms with Gasteiger partial charge in [0.1, 0.15) is 5.65 Å². The van der Waals surface area contributed by atoms with Crippen molar-refractivity contribution in [3.63, 3.8) is 0 Å². The summed E-state index contributed by atoms with van der Waals surface area (Å²) in [7, 11) is 0. The fraction of sp³-hybridized carbons (Fsp3) is 0. The van der Waals surface area contributed by atoms with E-state index in [0.717, 1.165) is 22.6 Å². The minimum Gasteiger partial charge on any atom is -0.309 e. The Kier molecular flexibility index (Phi) is 4.58. The van der Waals surface area contributed by atoms with E-state index < -0.39 is 0 Å². The zero-order valence-corrected chi connectivity index (χ0v) is 22.1. The molecule has 5 aromatic carbocycles. The molecule has 4 heteroatoms. The fourth-order valence-electron chi connectivity index (χ4n) is 6.49. The first kappa shape index (κ1) is 22.2. The first-order valence-electron chi connectivity index (χ1n) is 13.9. The van der Waals surface area contributed by atoms with Crippen LogP contribution in [-0.2, 0) is 0 Å². The summed E-state index contributed by atoms with van der Waals surface area (Å²) in [5.74, 6) is 0. The van der Waals surface area contributed by atoms with E-state index >= 15 is 0 Å². The molecule has 192 valence electrons. The highest BCUT2D eigenvalue weighted by molar-refractivity contribution is 6.26. The molecule has 0 N–H and O–H groups in total. The van der Waals surface area contributed by atoms with Gasteiger partial charge >= 0.3 is 0 Å². The van der Waals surface area contributed by atoms with Crippen LogP contribution in [0.1, 0.15) is 0 Å². The van der Waals surface area contributed by atoms with Crippen LogP contribution in [0.4, 0.5) is 0 Å². The van der Waals surface area contributed by atoms with Crippen LogP contribution in [0.3, 0.4) is 0 Å². The van der Waals surface area contributed by atoms with E-state index in [4.69, 9.17) is 4.98 Å². The van der Waals surface area contributed by atoms with Crippen molar-refractivity contribution < 1.29 is 0 Å². The Balaban J connectivity index is 1.33. The molecule has 0 amide bonds. The predicted molar refractivity (Wildman–Crippen MR) is 169 cm³/mol. The van der Waals surface area contributed by atoms with Gasteiger partial charge in [-0.25, -0.2) is 4.98 Å². The molecule has 0 radical (unpaired) electrons. The number of imidazole rings is 1. The summed E-state index contributed by atoms with van der Waals surface area (Å²) >= 11 is 0. The molecule has 9 aromatic rings. The van der Waals surface area contributed by atoms with Crippen LogP contribution >= 0.6 is 0 Å². The van der Waals surface area contributed by atoms with Gasteiger partial charge in [0.15, 0.2) is 0 Å². The molecule has 9 rings (SSSR count). The van der Waals surface area contributed by atoms with E-state index in [9.17, 15) is 0 Å². The molecule has 0 fully saturated rings. The predicted octanol–water partition coefficient (Wildman–Crippen LogP) is 9.20. The van der Waals surface area contributed by atoms with Crippen LogP contribution < -0.4 is 0 Å². The molecule has 0 unspecified atom stereocenters. The Morgan fingerprint density at radius 2 is 1.15 bits per heavy atom. The van der Waals surface area contributed by atoms with Crippen molar-refractivity contribution in [2.45, 2.75) is 0 Å². The van der Waals surface area contributed by atoms with Gasteiger partial charge in [0.2, 0.25) is 0 Å². The van der Waals surface area contributed by atoms with Crippen LogP contribution in [0.25, 0.3) is 71.9 Å². The number of fused-ring (bicyclic) bond motifs is 8. The SMILES string of the molecule is c1ccc(-n2c3ccccc3c3ccc4c(c5ccccc5n4-c4ccc(-c5cn6ccccc6n5)cc4)c32)cc1. The van der Waals surface area contributed by atoms with Crippen molar-refractivity contribution in [3.8, 4) is 22.6 Å². The summed E-state index contributed by atoms with van der Waals surface area (Å²) in [4.78, 5) is 4.82. The largest absolute Gasteiger partial charge is 0.309 e. The number of aromatic nitrogens is 4. The average Bonchev–Trinajstić information content (AvgIpc) is 3.71. The van der Waals surface area contributed by atoms with Gasteiger partial charge in [-0.2, -0.15) is 0 Å². The van der Waals surface area contributed by atoms with E-state index in [1.54, 1.807) is 0 Å². The quantitative estimate of drug-likeness (QED) is 0.226. The topological polar surface area (TPSA) is 27.2 Å². The molecule has 0 spiro atoms. The zero-order valence-electron chi connectivity index (χ0n) is 22.1. The maximum Gasteiger partial charge on any atom is 0.137 e. The molecule has 4 nitrogen and oxygen atoms in total. The molecular weight excluding hydrogens is 500 g/mol. The first-order chi connectivity index (χ1) is 20.3. The van der Waals surface area contributed by atoms with E-state index in [-0.39, 0.29) is 0 Å². The Labute approximate surface area is 236 Å². The maximum atomic E-state index is 4.82. The lowest BCUT2D eigenvalue weighted by Gasteiger charge is -2.10. The van der Waals surface area contributed by atoms with Crippen LogP contribution in [0.2, 0.25) is 0 Å². The molecule has 4 aromatic heterocycles. The number of pyridine rings is 1. The van der Waals surface area contributed by atoms with Crippen molar-refractivity contribution in [1.29, 1.82) is 0 Å². The van der Waals surface area contributed by atoms with E-state index in [1.807, 2.05) is 24.4 Å². The molecule has 0 aliphatic carbocycles. The number of benzene rings is 5. The van der Waals surface area contributed by atoms with Gasteiger partial charge in [-0.15, -0.1) is 0 Å². The fourth-order valence-corrected chi connectivity index (χ4v) is 6.49. The minimum absolute atomic E-state index is 0.951. The molecule has 0 atom stereocenters. The van der Waals surface area contributed by atoms with Gasteiger partial charge in [0.05, 0.1) is 27.8 Å². The summed E-state index contributed by atoms with van der Waals surface area (Å²) in [6, 6.07) is 47.6. The summed E-state index contributed by atoms with van der Waals surface area (Å²) in [5.41, 5.74) is 10.2. The lowest BCUT2D eigenvalue weighted by atomic mass is 10.1. The third-order valence-electron chi connectivity index (χ3n) is 8.27. The Hall–Kier alpha value is -5.61. The second-order valence-electron chi connectivity index (χ2n) is 10.5. The number of nitrogens with zero attached hydrogens (tertiary/aromatic N) is 4. The molecule has 0 aliphatic rings. The number of hydrogen-bond acceptors (Lipinski definition) is 1. The Bertz CT molecular complexity index is 2370. The smallest absolute Gasteiger partial charge is 0.137 e. The number of hydrogen-bond donors (Lipinski definition) is 0. The van der Waals surface area contributed by atoms with Crippen molar-refractivity contribution in [2.24, 2.45) is 0 Å². The van der Waals surface area contributed by atoms with Crippen LogP contribution in [0.15, 0.2) is 146 Å². The van der Waals surface area contributed by atoms with Crippen LogP contribution in [-0.4, -0.2) is 18.5 Å². The Morgan fingerprint density at radius 3 is 1.95 bits per heavy atom. The second-order valence-corrected chi connectivity index (χ2v) is 10.5. The first-order valence-corrected chi connectivity index (χ1v) is 13.9.